The standard InChI is InChI=1S/C12H12Br2N2O3S/c1-7-2-3-10(9(13)4-7)16-20(17,18)11-5-8(6-15)19-12(11)14/h2-5,16H,6,15H2,1H3. The second-order valence-electron chi connectivity index (χ2n) is 4.14. The van der Waals surface area contributed by atoms with E-state index in [4.69, 9.17) is 10.2 Å². The summed E-state index contributed by atoms with van der Waals surface area (Å²) < 4.78 is 33.2. The highest BCUT2D eigenvalue weighted by atomic mass is 79.9. The molecule has 0 amide bonds. The van der Waals surface area contributed by atoms with E-state index in [1.54, 1.807) is 6.07 Å². The van der Waals surface area contributed by atoms with Crippen molar-refractivity contribution < 1.29 is 12.8 Å². The van der Waals surface area contributed by atoms with Gasteiger partial charge < -0.3 is 10.2 Å². The highest BCUT2D eigenvalue weighted by molar-refractivity contribution is 9.10. The van der Waals surface area contributed by atoms with E-state index >= 15 is 0 Å². The van der Waals surface area contributed by atoms with Gasteiger partial charge in [0.15, 0.2) is 4.67 Å². The summed E-state index contributed by atoms with van der Waals surface area (Å²) in [6, 6.07) is 6.73. The first-order chi connectivity index (χ1) is 9.33. The Labute approximate surface area is 133 Å². The van der Waals surface area contributed by atoms with Gasteiger partial charge in [-0.05, 0) is 56.5 Å². The second kappa shape index (κ2) is 5.88. The topological polar surface area (TPSA) is 85.3 Å². The Bertz CT molecular complexity index is 741. The van der Waals surface area contributed by atoms with E-state index in [1.165, 1.54) is 6.07 Å². The van der Waals surface area contributed by atoms with E-state index in [9.17, 15) is 8.42 Å². The van der Waals surface area contributed by atoms with Gasteiger partial charge in [0.1, 0.15) is 10.7 Å². The summed E-state index contributed by atoms with van der Waals surface area (Å²) in [5, 5.41) is 0. The van der Waals surface area contributed by atoms with E-state index in [0.29, 0.717) is 15.9 Å². The fraction of sp³-hybridized carbons (Fsp3) is 0.167. The van der Waals surface area contributed by atoms with Gasteiger partial charge in [0.25, 0.3) is 10.0 Å². The normalized spacial score (nSPS) is 11.6. The molecular formula is C12H12Br2N2O3S. The molecule has 1 aromatic heterocycles. The zero-order valence-electron chi connectivity index (χ0n) is 10.5. The van der Waals surface area contributed by atoms with E-state index in [2.05, 4.69) is 36.6 Å². The van der Waals surface area contributed by atoms with Gasteiger partial charge in [-0.15, -0.1) is 0 Å². The van der Waals surface area contributed by atoms with Crippen molar-refractivity contribution >= 4 is 47.6 Å². The Kier molecular flexibility index (Phi) is 4.58. The average Bonchev–Trinajstić information content (AvgIpc) is 2.75. The van der Waals surface area contributed by atoms with Crippen LogP contribution >= 0.6 is 31.9 Å². The number of halogens is 2. The van der Waals surface area contributed by atoms with Crippen LogP contribution in [-0.2, 0) is 16.6 Å². The Balaban J connectivity index is 2.38. The molecule has 0 atom stereocenters. The lowest BCUT2D eigenvalue weighted by atomic mass is 10.2. The van der Waals surface area contributed by atoms with Crippen molar-refractivity contribution in [2.75, 3.05) is 4.72 Å². The minimum Gasteiger partial charge on any atom is -0.452 e. The fourth-order valence-electron chi connectivity index (χ4n) is 1.58. The van der Waals surface area contributed by atoms with Gasteiger partial charge in [0.2, 0.25) is 0 Å². The Hall–Kier alpha value is -0.830. The quantitative estimate of drug-likeness (QED) is 0.789. The average molecular weight is 424 g/mol. The third-order valence-electron chi connectivity index (χ3n) is 2.57. The molecule has 0 radical (unpaired) electrons. The molecule has 0 fully saturated rings. The lowest BCUT2D eigenvalue weighted by Crippen LogP contribution is -2.13. The molecule has 0 aliphatic carbocycles. The van der Waals surface area contributed by atoms with Crippen LogP contribution < -0.4 is 10.5 Å². The molecule has 108 valence electrons. The maximum Gasteiger partial charge on any atom is 0.266 e. The molecule has 1 heterocycles. The molecule has 20 heavy (non-hydrogen) atoms. The second-order valence-corrected chi connectivity index (χ2v) is 7.37. The van der Waals surface area contributed by atoms with Gasteiger partial charge in [-0.1, -0.05) is 6.07 Å². The van der Waals surface area contributed by atoms with Crippen molar-refractivity contribution in [2.24, 2.45) is 5.73 Å². The van der Waals surface area contributed by atoms with Crippen LogP contribution in [0.1, 0.15) is 11.3 Å². The van der Waals surface area contributed by atoms with Crippen LogP contribution in [0.3, 0.4) is 0 Å². The third-order valence-corrected chi connectivity index (χ3v) is 5.44. The van der Waals surface area contributed by atoms with Crippen LogP contribution in [0.5, 0.6) is 0 Å². The molecular weight excluding hydrogens is 412 g/mol. The zero-order chi connectivity index (χ0) is 14.9. The summed E-state index contributed by atoms with van der Waals surface area (Å²) in [4.78, 5) is 0.0189. The maximum atomic E-state index is 12.3. The van der Waals surface area contributed by atoms with Gasteiger partial charge in [0.05, 0.1) is 12.2 Å². The van der Waals surface area contributed by atoms with Crippen LogP contribution in [0, 0.1) is 6.92 Å². The molecule has 8 heteroatoms. The summed E-state index contributed by atoms with van der Waals surface area (Å²) in [6.07, 6.45) is 0. The first-order valence-corrected chi connectivity index (χ1v) is 8.67. The van der Waals surface area contributed by atoms with Crippen LogP contribution in [0.25, 0.3) is 0 Å². The fourth-order valence-corrected chi connectivity index (χ4v) is 4.39. The van der Waals surface area contributed by atoms with Crippen molar-refractivity contribution in [3.8, 4) is 0 Å². The molecule has 0 aliphatic rings. The van der Waals surface area contributed by atoms with Crippen molar-refractivity contribution in [1.82, 2.24) is 0 Å². The molecule has 3 N–H and O–H groups in total. The van der Waals surface area contributed by atoms with E-state index in [1.807, 2.05) is 19.1 Å². The number of nitrogens with one attached hydrogen (secondary N) is 1. The Morgan fingerprint density at radius 3 is 2.55 bits per heavy atom. The largest absolute Gasteiger partial charge is 0.452 e. The minimum absolute atomic E-state index is 0.0189. The van der Waals surface area contributed by atoms with Crippen LogP contribution in [-0.4, -0.2) is 8.42 Å². The summed E-state index contributed by atoms with van der Waals surface area (Å²) >= 11 is 6.41. The first-order valence-electron chi connectivity index (χ1n) is 5.60. The molecule has 1 aromatic carbocycles. The lowest BCUT2D eigenvalue weighted by Gasteiger charge is -2.09. The molecule has 0 spiro atoms. The van der Waals surface area contributed by atoms with Crippen molar-refractivity contribution in [1.29, 1.82) is 0 Å². The SMILES string of the molecule is Cc1ccc(NS(=O)(=O)c2cc(CN)oc2Br)c(Br)c1. The molecule has 0 unspecified atom stereocenters. The number of furan rings is 1. The molecule has 2 rings (SSSR count). The van der Waals surface area contributed by atoms with E-state index in [-0.39, 0.29) is 16.1 Å². The van der Waals surface area contributed by atoms with Gasteiger partial charge in [-0.2, -0.15) is 0 Å². The van der Waals surface area contributed by atoms with Crippen LogP contribution in [0.15, 0.2) is 42.7 Å². The Morgan fingerprint density at radius 1 is 1.30 bits per heavy atom. The van der Waals surface area contributed by atoms with Gasteiger partial charge in [0, 0.05) is 10.5 Å². The molecule has 0 saturated carbocycles. The molecule has 0 saturated heterocycles. The van der Waals surface area contributed by atoms with Crippen molar-refractivity contribution in [3.63, 3.8) is 0 Å². The molecule has 0 aliphatic heterocycles. The highest BCUT2D eigenvalue weighted by Gasteiger charge is 2.23. The minimum atomic E-state index is -3.74. The highest BCUT2D eigenvalue weighted by Crippen LogP contribution is 2.30. The van der Waals surface area contributed by atoms with Gasteiger partial charge >= 0.3 is 0 Å². The maximum absolute atomic E-state index is 12.3. The van der Waals surface area contributed by atoms with Gasteiger partial charge in [-0.3, -0.25) is 4.72 Å². The summed E-state index contributed by atoms with van der Waals surface area (Å²) in [7, 11) is -3.74. The first kappa shape index (κ1) is 15.6. The van der Waals surface area contributed by atoms with Crippen LogP contribution in [0.4, 0.5) is 5.69 Å². The smallest absolute Gasteiger partial charge is 0.266 e. The third kappa shape index (κ3) is 3.25. The number of hydrogen-bond donors (Lipinski definition) is 2. The summed E-state index contributed by atoms with van der Waals surface area (Å²) in [6.45, 7) is 2.05. The van der Waals surface area contributed by atoms with E-state index < -0.39 is 10.0 Å². The van der Waals surface area contributed by atoms with E-state index in [0.717, 1.165) is 5.56 Å². The van der Waals surface area contributed by atoms with Gasteiger partial charge in [-0.25, -0.2) is 8.42 Å². The molecule has 2 aromatic rings. The molecule has 5 nitrogen and oxygen atoms in total. The summed E-state index contributed by atoms with van der Waals surface area (Å²) in [5.41, 5.74) is 6.91. The van der Waals surface area contributed by atoms with Crippen molar-refractivity contribution in [2.45, 2.75) is 18.4 Å². The zero-order valence-corrected chi connectivity index (χ0v) is 14.5. The number of rotatable bonds is 4. The number of benzene rings is 1. The predicted octanol–water partition coefficient (Wildman–Crippen LogP) is 3.37. The van der Waals surface area contributed by atoms with Crippen LogP contribution in [0.2, 0.25) is 0 Å². The lowest BCUT2D eigenvalue weighted by molar-refractivity contribution is 0.484. The monoisotopic (exact) mass is 422 g/mol. The predicted molar refractivity (Wildman–Crippen MR) is 84.0 cm³/mol. The van der Waals surface area contributed by atoms with Crippen molar-refractivity contribution in [3.05, 3.63) is 44.7 Å². The number of aryl methyl sites for hydroxylation is 1. The Morgan fingerprint density at radius 2 is 2.00 bits per heavy atom. The number of anilines is 1. The summed E-state index contributed by atoms with van der Waals surface area (Å²) in [5.74, 6) is 0.389. The number of hydrogen-bond acceptors (Lipinski definition) is 4. The molecule has 0 bridgehead atoms. The number of nitrogens with two attached hydrogens (primary N) is 1. The number of sulfonamides is 1.